The van der Waals surface area contributed by atoms with E-state index in [2.05, 4.69) is 13.8 Å². The third-order valence-corrected chi connectivity index (χ3v) is 7.79. The molecule has 7 nitrogen and oxygen atoms in total. The number of benzene rings is 4. The van der Waals surface area contributed by atoms with Gasteiger partial charge in [0.25, 0.3) is 0 Å². The van der Waals surface area contributed by atoms with Gasteiger partial charge in [-0.15, -0.1) is 0 Å². The van der Waals surface area contributed by atoms with Crippen LogP contribution in [0.25, 0.3) is 0 Å². The minimum Gasteiger partial charge on any atom is -0.450 e. The zero-order chi connectivity index (χ0) is 32.0. The fraction of sp³-hybridized carbons (Fsp3) is 0.359. The van der Waals surface area contributed by atoms with Gasteiger partial charge in [-0.25, -0.2) is 4.79 Å². The number of hydrogen-bond acceptors (Lipinski definition) is 7. The molecular formula is C39H44O7. The molecule has 7 heteroatoms. The molecule has 1 saturated heterocycles. The number of hydrogen-bond donors (Lipinski definition) is 0. The van der Waals surface area contributed by atoms with E-state index in [9.17, 15) is 4.79 Å². The predicted octanol–water partition coefficient (Wildman–Crippen LogP) is 7.39. The molecule has 3 unspecified atom stereocenters. The average molecular weight is 625 g/mol. The first-order valence-electron chi connectivity index (χ1n) is 16.0. The first kappa shape index (κ1) is 33.5. The second kappa shape index (κ2) is 17.7. The van der Waals surface area contributed by atoms with Gasteiger partial charge in [0.1, 0.15) is 18.3 Å². The Morgan fingerprint density at radius 1 is 0.630 bits per heavy atom. The van der Waals surface area contributed by atoms with E-state index in [4.69, 9.17) is 28.4 Å². The fourth-order valence-electron chi connectivity index (χ4n) is 5.25. The van der Waals surface area contributed by atoms with Gasteiger partial charge in [0.15, 0.2) is 12.4 Å². The first-order valence-corrected chi connectivity index (χ1v) is 16.0. The normalized spacial score (nSPS) is 21.2. The highest BCUT2D eigenvalue weighted by Crippen LogP contribution is 2.32. The van der Waals surface area contributed by atoms with Gasteiger partial charge in [0.05, 0.1) is 38.6 Å². The molecule has 5 atom stereocenters. The van der Waals surface area contributed by atoms with Gasteiger partial charge in [-0.05, 0) is 41.2 Å². The van der Waals surface area contributed by atoms with Crippen molar-refractivity contribution in [2.24, 2.45) is 5.92 Å². The van der Waals surface area contributed by atoms with Crippen LogP contribution in [0, 0.1) is 5.92 Å². The third-order valence-electron chi connectivity index (χ3n) is 7.79. The fourth-order valence-corrected chi connectivity index (χ4v) is 5.25. The van der Waals surface area contributed by atoms with E-state index < -0.39 is 36.7 Å². The van der Waals surface area contributed by atoms with Crippen LogP contribution in [0.1, 0.15) is 47.3 Å². The summed E-state index contributed by atoms with van der Waals surface area (Å²) in [4.78, 5) is 13.5. The molecule has 4 aromatic rings. The summed E-state index contributed by atoms with van der Waals surface area (Å²) in [6.45, 7) is 5.94. The van der Waals surface area contributed by atoms with Gasteiger partial charge >= 0.3 is 5.97 Å². The molecule has 0 aromatic heterocycles. The van der Waals surface area contributed by atoms with Crippen molar-refractivity contribution >= 4 is 5.97 Å². The van der Waals surface area contributed by atoms with Crippen molar-refractivity contribution in [2.45, 2.75) is 70.8 Å². The molecule has 0 radical (unpaired) electrons. The van der Waals surface area contributed by atoms with Gasteiger partial charge in [-0.3, -0.25) is 0 Å². The topological polar surface area (TPSA) is 72.5 Å². The summed E-state index contributed by atoms with van der Waals surface area (Å²) in [5.74, 6) is -0.0634. The highest BCUT2D eigenvalue weighted by atomic mass is 16.7. The molecule has 0 saturated carbocycles. The number of carbonyl (C=O) groups is 1. The molecule has 1 aliphatic rings. The van der Waals surface area contributed by atoms with E-state index >= 15 is 0 Å². The highest BCUT2D eigenvalue weighted by Gasteiger charge is 2.50. The van der Waals surface area contributed by atoms with Crippen LogP contribution in [-0.4, -0.2) is 49.9 Å². The van der Waals surface area contributed by atoms with E-state index in [0.29, 0.717) is 31.3 Å². The minimum atomic E-state index is -0.908. The maximum atomic E-state index is 13.5. The van der Waals surface area contributed by atoms with Gasteiger partial charge in [-0.1, -0.05) is 123 Å². The van der Waals surface area contributed by atoms with Gasteiger partial charge < -0.3 is 28.4 Å². The Kier molecular flexibility index (Phi) is 12.9. The van der Waals surface area contributed by atoms with Crippen molar-refractivity contribution < 1.29 is 33.2 Å². The van der Waals surface area contributed by atoms with Crippen LogP contribution >= 0.6 is 0 Å². The summed E-state index contributed by atoms with van der Waals surface area (Å²) in [5.41, 5.74) is 3.47. The molecule has 46 heavy (non-hydrogen) atoms. The third kappa shape index (κ3) is 10.1. The number of ether oxygens (including phenoxy) is 6. The Labute approximate surface area is 272 Å². The van der Waals surface area contributed by atoms with Crippen molar-refractivity contribution in [2.75, 3.05) is 13.2 Å². The lowest BCUT2D eigenvalue weighted by Gasteiger charge is -2.45. The van der Waals surface area contributed by atoms with E-state index in [-0.39, 0.29) is 13.2 Å². The lowest BCUT2D eigenvalue weighted by Crippen LogP contribution is -2.62. The monoisotopic (exact) mass is 624 g/mol. The second-order valence-electron chi connectivity index (χ2n) is 11.9. The average Bonchev–Trinajstić information content (AvgIpc) is 3.09. The first-order chi connectivity index (χ1) is 22.6. The maximum absolute atomic E-state index is 13.5. The minimum absolute atomic E-state index is 0.225. The molecule has 0 amide bonds. The lowest BCUT2D eigenvalue weighted by atomic mass is 9.97. The largest absolute Gasteiger partial charge is 0.450 e. The van der Waals surface area contributed by atoms with Crippen LogP contribution in [0.3, 0.4) is 0 Å². The molecular weight excluding hydrogens is 580 g/mol. The van der Waals surface area contributed by atoms with E-state index in [0.717, 1.165) is 23.1 Å². The zero-order valence-corrected chi connectivity index (χ0v) is 26.6. The molecule has 1 aliphatic heterocycles. The van der Waals surface area contributed by atoms with E-state index in [1.165, 1.54) is 0 Å². The lowest BCUT2D eigenvalue weighted by molar-refractivity contribution is -0.318. The Balaban J connectivity index is 1.45. The Bertz CT molecular complexity index is 1420. The van der Waals surface area contributed by atoms with Crippen molar-refractivity contribution in [3.05, 3.63) is 144 Å². The molecule has 0 bridgehead atoms. The van der Waals surface area contributed by atoms with E-state index in [1.54, 1.807) is 24.3 Å². The summed E-state index contributed by atoms with van der Waals surface area (Å²) in [6, 6.07) is 38.8. The van der Waals surface area contributed by atoms with Crippen molar-refractivity contribution in [3.8, 4) is 0 Å². The van der Waals surface area contributed by atoms with Crippen molar-refractivity contribution in [1.29, 1.82) is 0 Å². The summed E-state index contributed by atoms with van der Waals surface area (Å²) >= 11 is 0. The molecule has 0 aliphatic carbocycles. The summed E-state index contributed by atoms with van der Waals surface area (Å²) in [6.07, 6.45) is -2.91. The van der Waals surface area contributed by atoms with Crippen molar-refractivity contribution in [3.63, 3.8) is 0 Å². The molecule has 0 N–H and O–H groups in total. The summed E-state index contributed by atoms with van der Waals surface area (Å²) in [5, 5.41) is 0. The molecule has 1 fully saturated rings. The van der Waals surface area contributed by atoms with Crippen LogP contribution in [-0.2, 0) is 48.2 Å². The number of carbonyl (C=O) groups excluding carboxylic acids is 1. The van der Waals surface area contributed by atoms with E-state index in [1.807, 2.05) is 97.1 Å². The van der Waals surface area contributed by atoms with Crippen LogP contribution in [0.5, 0.6) is 0 Å². The number of esters is 1. The van der Waals surface area contributed by atoms with Gasteiger partial charge in [0, 0.05) is 0 Å². The Morgan fingerprint density at radius 3 is 1.67 bits per heavy atom. The zero-order valence-electron chi connectivity index (χ0n) is 26.6. The smallest absolute Gasteiger partial charge is 0.338 e. The van der Waals surface area contributed by atoms with Crippen LogP contribution in [0.4, 0.5) is 0 Å². The van der Waals surface area contributed by atoms with Gasteiger partial charge in [-0.2, -0.15) is 0 Å². The molecule has 242 valence electrons. The van der Waals surface area contributed by atoms with Gasteiger partial charge in [0.2, 0.25) is 0 Å². The Morgan fingerprint density at radius 2 is 1.13 bits per heavy atom. The maximum Gasteiger partial charge on any atom is 0.338 e. The van der Waals surface area contributed by atoms with Crippen molar-refractivity contribution in [1.82, 2.24) is 0 Å². The predicted molar refractivity (Wildman–Crippen MR) is 176 cm³/mol. The Hall–Kier alpha value is -3.85. The van der Waals surface area contributed by atoms with Crippen LogP contribution < -0.4 is 0 Å². The van der Waals surface area contributed by atoms with Crippen LogP contribution in [0.15, 0.2) is 121 Å². The SMILES string of the molecule is CC(C)CCO[C@@H]1OC(COCc2ccccc2)[C@@H](OCc2ccccc2)C(OCc2ccccc2)C1OC(=O)c1ccccc1. The molecule has 4 aromatic carbocycles. The van der Waals surface area contributed by atoms with Crippen LogP contribution in [0.2, 0.25) is 0 Å². The second-order valence-corrected chi connectivity index (χ2v) is 11.9. The quantitative estimate of drug-likeness (QED) is 0.120. The number of rotatable bonds is 16. The highest BCUT2D eigenvalue weighted by molar-refractivity contribution is 5.89. The summed E-state index contributed by atoms with van der Waals surface area (Å²) in [7, 11) is 0. The standard InChI is InChI=1S/C39H44O7/c1-29(2)23-24-42-39-37(46-38(40)33-21-13-6-14-22-33)36(44-27-32-19-11-5-12-20-32)35(43-26-31-17-9-4-10-18-31)34(45-39)28-41-25-30-15-7-3-8-16-30/h3-22,29,34-37,39H,23-28H2,1-2H3/t34?,35-,36?,37?,39-/m1/s1. The molecule has 0 spiro atoms. The summed E-state index contributed by atoms with van der Waals surface area (Å²) < 4.78 is 38.6. The molecule has 5 rings (SSSR count). The molecule has 1 heterocycles.